The van der Waals surface area contributed by atoms with Crippen LogP contribution >= 0.6 is 11.6 Å². The summed E-state index contributed by atoms with van der Waals surface area (Å²) in [5.41, 5.74) is 1.31. The van der Waals surface area contributed by atoms with E-state index in [9.17, 15) is 5.11 Å². The highest BCUT2D eigenvalue weighted by Crippen LogP contribution is 2.64. The van der Waals surface area contributed by atoms with Gasteiger partial charge < -0.3 is 5.11 Å². The number of aliphatic hydroxyl groups excluding tert-OH is 1. The van der Waals surface area contributed by atoms with Gasteiger partial charge in [0.05, 0.1) is 6.61 Å². The second kappa shape index (κ2) is 2.98. The van der Waals surface area contributed by atoms with Gasteiger partial charge in [-0.1, -0.05) is 37.6 Å². The van der Waals surface area contributed by atoms with Gasteiger partial charge in [0, 0.05) is 10.4 Å². The van der Waals surface area contributed by atoms with Crippen molar-refractivity contribution in [1.82, 2.24) is 0 Å². The van der Waals surface area contributed by atoms with E-state index in [4.69, 9.17) is 11.6 Å². The second-order valence-corrected chi connectivity index (χ2v) is 5.25. The van der Waals surface area contributed by atoms with E-state index in [1.165, 1.54) is 0 Å². The smallest absolute Gasteiger partial charge is 0.0533 e. The summed E-state index contributed by atoms with van der Waals surface area (Å²) in [5, 5.41) is 10.2. The molecule has 1 aromatic rings. The zero-order chi connectivity index (χ0) is 10.4. The molecule has 0 heterocycles. The average molecular weight is 211 g/mol. The van der Waals surface area contributed by atoms with E-state index in [0.29, 0.717) is 0 Å². The van der Waals surface area contributed by atoms with E-state index in [-0.39, 0.29) is 17.4 Å². The Morgan fingerprint density at radius 3 is 2.50 bits per heavy atom. The van der Waals surface area contributed by atoms with Gasteiger partial charge >= 0.3 is 0 Å². The Hall–Kier alpha value is -0.530. The molecular weight excluding hydrogens is 196 g/mol. The fraction of sp³-hybridized carbons (Fsp3) is 0.500. The molecule has 1 aromatic carbocycles. The van der Waals surface area contributed by atoms with E-state index in [0.717, 1.165) is 17.0 Å². The minimum Gasteiger partial charge on any atom is -0.395 e. The first-order valence-electron chi connectivity index (χ1n) is 4.89. The van der Waals surface area contributed by atoms with Gasteiger partial charge in [0.25, 0.3) is 0 Å². The monoisotopic (exact) mass is 210 g/mol. The summed E-state index contributed by atoms with van der Waals surface area (Å²) in [6.45, 7) is 4.58. The van der Waals surface area contributed by atoms with Crippen LogP contribution in [0.2, 0.25) is 5.02 Å². The van der Waals surface area contributed by atoms with Crippen LogP contribution in [0.25, 0.3) is 0 Å². The lowest BCUT2D eigenvalue weighted by Crippen LogP contribution is -2.19. The fourth-order valence-corrected chi connectivity index (χ4v) is 2.54. The molecule has 0 radical (unpaired) electrons. The third-order valence-electron chi connectivity index (χ3n) is 3.56. The molecule has 0 bridgehead atoms. The van der Waals surface area contributed by atoms with Crippen molar-refractivity contribution in [2.75, 3.05) is 6.61 Å². The summed E-state index contributed by atoms with van der Waals surface area (Å²) >= 11 is 5.95. The normalized spacial score (nSPS) is 28.9. The van der Waals surface area contributed by atoms with Crippen molar-refractivity contribution < 1.29 is 5.11 Å². The molecule has 0 aromatic heterocycles. The van der Waals surface area contributed by atoms with E-state index in [1.807, 2.05) is 18.2 Å². The minimum atomic E-state index is -0.0576. The molecule has 0 spiro atoms. The van der Waals surface area contributed by atoms with Gasteiger partial charge in [0.15, 0.2) is 0 Å². The Labute approximate surface area is 89.7 Å². The average Bonchev–Trinajstić information content (AvgIpc) is 2.70. The summed E-state index contributed by atoms with van der Waals surface area (Å²) in [4.78, 5) is 0. The lowest BCUT2D eigenvalue weighted by atomic mass is 9.89. The molecule has 76 valence electrons. The molecule has 1 atom stereocenters. The molecular formula is C12H15ClO. The van der Waals surface area contributed by atoms with Crippen molar-refractivity contribution in [3.63, 3.8) is 0 Å². The van der Waals surface area contributed by atoms with Crippen LogP contribution < -0.4 is 0 Å². The standard InChI is InChI=1S/C12H15ClO/c1-11(2)7-12(11,8-14)9-4-3-5-10(13)6-9/h3-6,14H,7-8H2,1-2H3. The molecule has 2 rings (SSSR count). The van der Waals surface area contributed by atoms with E-state index in [1.54, 1.807) is 0 Å². The molecule has 0 saturated heterocycles. The molecule has 1 fully saturated rings. The summed E-state index contributed by atoms with van der Waals surface area (Å²) in [6, 6.07) is 7.83. The van der Waals surface area contributed by atoms with Gasteiger partial charge in [-0.05, 0) is 29.5 Å². The maximum absolute atomic E-state index is 9.49. The highest BCUT2D eigenvalue weighted by Gasteiger charge is 2.61. The first-order valence-corrected chi connectivity index (χ1v) is 5.27. The Morgan fingerprint density at radius 1 is 1.43 bits per heavy atom. The van der Waals surface area contributed by atoms with Crippen LogP contribution in [-0.2, 0) is 5.41 Å². The molecule has 2 heteroatoms. The quantitative estimate of drug-likeness (QED) is 0.796. The zero-order valence-electron chi connectivity index (χ0n) is 8.55. The molecule has 1 N–H and O–H groups in total. The van der Waals surface area contributed by atoms with Crippen molar-refractivity contribution in [2.45, 2.75) is 25.7 Å². The second-order valence-electron chi connectivity index (χ2n) is 4.81. The van der Waals surface area contributed by atoms with Gasteiger partial charge in [-0.25, -0.2) is 0 Å². The molecule has 0 aliphatic heterocycles. The summed E-state index contributed by atoms with van der Waals surface area (Å²) < 4.78 is 0. The number of hydrogen-bond acceptors (Lipinski definition) is 1. The predicted molar refractivity (Wildman–Crippen MR) is 58.6 cm³/mol. The van der Waals surface area contributed by atoms with Crippen molar-refractivity contribution in [1.29, 1.82) is 0 Å². The largest absolute Gasteiger partial charge is 0.395 e. The van der Waals surface area contributed by atoms with Crippen LogP contribution in [0, 0.1) is 5.41 Å². The zero-order valence-corrected chi connectivity index (χ0v) is 9.30. The number of rotatable bonds is 2. The SMILES string of the molecule is CC1(C)CC1(CO)c1cccc(Cl)c1. The van der Waals surface area contributed by atoms with E-state index < -0.39 is 0 Å². The maximum Gasteiger partial charge on any atom is 0.0533 e. The van der Waals surface area contributed by atoms with E-state index in [2.05, 4.69) is 19.9 Å². The number of aliphatic hydroxyl groups is 1. The predicted octanol–water partition coefficient (Wildman–Crippen LogP) is 3.00. The number of hydrogen-bond donors (Lipinski definition) is 1. The maximum atomic E-state index is 9.49. The van der Waals surface area contributed by atoms with Gasteiger partial charge in [0.1, 0.15) is 0 Å². The van der Waals surface area contributed by atoms with Crippen LogP contribution in [0.5, 0.6) is 0 Å². The topological polar surface area (TPSA) is 20.2 Å². The lowest BCUT2D eigenvalue weighted by Gasteiger charge is -2.18. The first kappa shape index (κ1) is 10.0. The molecule has 1 aliphatic rings. The Morgan fingerprint density at radius 2 is 2.07 bits per heavy atom. The van der Waals surface area contributed by atoms with Crippen LogP contribution in [0.4, 0.5) is 0 Å². The first-order chi connectivity index (χ1) is 6.52. The Kier molecular flexibility index (Phi) is 2.13. The molecule has 14 heavy (non-hydrogen) atoms. The summed E-state index contributed by atoms with van der Waals surface area (Å²) in [5.74, 6) is 0. The third kappa shape index (κ3) is 1.27. The lowest BCUT2D eigenvalue weighted by molar-refractivity contribution is 0.231. The van der Waals surface area contributed by atoms with Gasteiger partial charge in [-0.2, -0.15) is 0 Å². The van der Waals surface area contributed by atoms with Crippen molar-refractivity contribution >= 4 is 11.6 Å². The molecule has 1 nitrogen and oxygen atoms in total. The highest BCUT2D eigenvalue weighted by atomic mass is 35.5. The van der Waals surface area contributed by atoms with Gasteiger partial charge in [-0.15, -0.1) is 0 Å². The van der Waals surface area contributed by atoms with Crippen molar-refractivity contribution in [3.05, 3.63) is 34.9 Å². The fourth-order valence-electron chi connectivity index (χ4n) is 2.35. The van der Waals surface area contributed by atoms with Crippen molar-refractivity contribution in [3.8, 4) is 0 Å². The van der Waals surface area contributed by atoms with Crippen molar-refractivity contribution in [2.24, 2.45) is 5.41 Å². The molecule has 1 aliphatic carbocycles. The highest BCUT2D eigenvalue weighted by molar-refractivity contribution is 6.30. The molecule has 1 unspecified atom stereocenters. The third-order valence-corrected chi connectivity index (χ3v) is 3.80. The Balaban J connectivity index is 2.40. The van der Waals surface area contributed by atoms with Crippen LogP contribution in [0.15, 0.2) is 24.3 Å². The van der Waals surface area contributed by atoms with Crippen LogP contribution in [0.1, 0.15) is 25.8 Å². The van der Waals surface area contributed by atoms with Gasteiger partial charge in [0.2, 0.25) is 0 Å². The summed E-state index contributed by atoms with van der Waals surface area (Å²) in [6.07, 6.45) is 1.04. The molecule has 1 saturated carbocycles. The van der Waals surface area contributed by atoms with E-state index >= 15 is 0 Å². The molecule has 0 amide bonds. The van der Waals surface area contributed by atoms with Crippen LogP contribution in [0.3, 0.4) is 0 Å². The Bertz CT molecular complexity index is 359. The number of halogens is 1. The van der Waals surface area contributed by atoms with Crippen LogP contribution in [-0.4, -0.2) is 11.7 Å². The number of benzene rings is 1. The summed E-state index contributed by atoms with van der Waals surface area (Å²) in [7, 11) is 0. The van der Waals surface area contributed by atoms with Gasteiger partial charge in [-0.3, -0.25) is 0 Å². The minimum absolute atomic E-state index is 0.0576.